The summed E-state index contributed by atoms with van der Waals surface area (Å²) in [4.78, 5) is 13.7. The summed E-state index contributed by atoms with van der Waals surface area (Å²) in [5, 5.41) is 3.36. The van der Waals surface area contributed by atoms with Crippen LogP contribution in [0.4, 0.5) is 10.1 Å². The molecule has 0 aromatic heterocycles. The molecule has 3 rings (SSSR count). The molecule has 1 aliphatic rings. The lowest BCUT2D eigenvalue weighted by Crippen LogP contribution is -2.21. The molecule has 1 aliphatic carbocycles. The highest BCUT2D eigenvalue weighted by Gasteiger charge is 2.24. The van der Waals surface area contributed by atoms with Crippen molar-refractivity contribution in [1.29, 1.82) is 0 Å². The van der Waals surface area contributed by atoms with Gasteiger partial charge in [-0.1, -0.05) is 47.0 Å². The number of thioether (sulfide) groups is 1. The first-order valence-electron chi connectivity index (χ1n) is 8.31. The second kappa shape index (κ2) is 9.43. The summed E-state index contributed by atoms with van der Waals surface area (Å²) < 4.78 is 15.1. The highest BCUT2D eigenvalue weighted by Crippen LogP contribution is 2.39. The van der Waals surface area contributed by atoms with E-state index in [2.05, 4.69) is 50.5 Å². The first-order valence-corrected chi connectivity index (χ1v) is 11.9. The molecular formula is C19H17ClFI2NOS. The predicted octanol–water partition coefficient (Wildman–Crippen LogP) is 7.17. The largest absolute Gasteiger partial charge is 0.322 e. The lowest BCUT2D eigenvalue weighted by Gasteiger charge is -2.27. The maximum Gasteiger partial charge on any atom is 0.255 e. The van der Waals surface area contributed by atoms with Crippen LogP contribution < -0.4 is 5.32 Å². The molecule has 1 fully saturated rings. The van der Waals surface area contributed by atoms with Crippen molar-refractivity contribution in [3.05, 3.63) is 56.4 Å². The molecule has 0 saturated heterocycles. The van der Waals surface area contributed by atoms with Crippen LogP contribution in [-0.4, -0.2) is 15.1 Å². The molecule has 0 bridgehead atoms. The van der Waals surface area contributed by atoms with Gasteiger partial charge < -0.3 is 5.32 Å². The standard InChI is InChI=1S/C19H17ClFI2NOS/c20-13-10-12(6-7-14(13)21)24-19(25)11-5-8-16(23)18(9-11)26-17-4-2-1-3-15(17)22/h5-10,15,17H,1-4H2,(H,24,25). The molecule has 1 N–H and O–H groups in total. The Labute approximate surface area is 189 Å². The Morgan fingerprint density at radius 1 is 1.19 bits per heavy atom. The molecular weight excluding hydrogens is 599 g/mol. The van der Waals surface area contributed by atoms with Gasteiger partial charge in [0.1, 0.15) is 5.82 Å². The predicted molar refractivity (Wildman–Crippen MR) is 124 cm³/mol. The van der Waals surface area contributed by atoms with E-state index in [1.165, 1.54) is 43.9 Å². The number of benzene rings is 2. The Bertz CT molecular complexity index is 820. The molecule has 0 spiro atoms. The summed E-state index contributed by atoms with van der Waals surface area (Å²) >= 11 is 12.5. The third-order valence-corrected chi connectivity index (χ3v) is 9.31. The van der Waals surface area contributed by atoms with E-state index in [4.69, 9.17) is 11.6 Å². The quantitative estimate of drug-likeness (QED) is 0.292. The van der Waals surface area contributed by atoms with Gasteiger partial charge >= 0.3 is 0 Å². The van der Waals surface area contributed by atoms with Gasteiger partial charge in [-0.05, 0) is 71.8 Å². The average molecular weight is 616 g/mol. The van der Waals surface area contributed by atoms with E-state index in [9.17, 15) is 9.18 Å². The molecule has 0 aliphatic heterocycles. The second-order valence-electron chi connectivity index (χ2n) is 6.18. The average Bonchev–Trinajstić information content (AvgIpc) is 2.62. The summed E-state index contributed by atoms with van der Waals surface area (Å²) in [6.45, 7) is 0. The van der Waals surface area contributed by atoms with Crippen LogP contribution in [0, 0.1) is 9.39 Å². The van der Waals surface area contributed by atoms with Crippen LogP contribution in [0.1, 0.15) is 36.0 Å². The Hall–Kier alpha value is -0.0600. The fraction of sp³-hybridized carbons (Fsp3) is 0.316. The number of anilines is 1. The molecule has 2 atom stereocenters. The minimum Gasteiger partial charge on any atom is -0.322 e. The molecule has 7 heteroatoms. The fourth-order valence-corrected chi connectivity index (χ4v) is 6.27. The molecule has 0 heterocycles. The first kappa shape index (κ1) is 20.7. The lowest BCUT2D eigenvalue weighted by molar-refractivity contribution is 0.102. The summed E-state index contributed by atoms with van der Waals surface area (Å²) in [5.41, 5.74) is 1.07. The number of carbonyl (C=O) groups excluding carboxylic acids is 1. The van der Waals surface area contributed by atoms with Crippen LogP contribution in [-0.2, 0) is 0 Å². The normalized spacial score (nSPS) is 20.0. The molecule has 2 unspecified atom stereocenters. The molecule has 1 saturated carbocycles. The van der Waals surface area contributed by atoms with Gasteiger partial charge in [-0.15, -0.1) is 11.8 Å². The second-order valence-corrected chi connectivity index (χ2v) is 10.6. The van der Waals surface area contributed by atoms with Crippen LogP contribution in [0.5, 0.6) is 0 Å². The van der Waals surface area contributed by atoms with E-state index in [-0.39, 0.29) is 10.9 Å². The summed E-state index contributed by atoms with van der Waals surface area (Å²) in [5.74, 6) is -0.723. The van der Waals surface area contributed by atoms with Gasteiger partial charge in [0.15, 0.2) is 0 Å². The van der Waals surface area contributed by atoms with Gasteiger partial charge in [-0.2, -0.15) is 0 Å². The number of alkyl halides is 1. The monoisotopic (exact) mass is 615 g/mol. The lowest BCUT2D eigenvalue weighted by atomic mass is 10.0. The highest BCUT2D eigenvalue weighted by molar-refractivity contribution is 14.1. The van der Waals surface area contributed by atoms with Gasteiger partial charge in [0, 0.05) is 28.9 Å². The van der Waals surface area contributed by atoms with Crippen molar-refractivity contribution in [1.82, 2.24) is 0 Å². The maximum atomic E-state index is 13.3. The highest BCUT2D eigenvalue weighted by atomic mass is 127. The zero-order valence-corrected chi connectivity index (χ0v) is 19.7. The maximum absolute atomic E-state index is 13.3. The molecule has 138 valence electrons. The fourth-order valence-electron chi connectivity index (χ4n) is 2.86. The SMILES string of the molecule is O=C(Nc1ccc(F)c(Cl)c1)c1ccc(I)c(SC2CCCCC2I)c1. The van der Waals surface area contributed by atoms with Crippen molar-refractivity contribution in [3.8, 4) is 0 Å². The number of nitrogens with one attached hydrogen (secondary N) is 1. The number of rotatable bonds is 4. The van der Waals surface area contributed by atoms with E-state index in [0.29, 0.717) is 20.4 Å². The van der Waals surface area contributed by atoms with Crippen LogP contribution in [0.3, 0.4) is 0 Å². The number of carbonyl (C=O) groups is 1. The molecule has 1 amide bonds. The zero-order chi connectivity index (χ0) is 18.7. The van der Waals surface area contributed by atoms with Gasteiger partial charge in [-0.25, -0.2) is 4.39 Å². The van der Waals surface area contributed by atoms with Crippen LogP contribution in [0.25, 0.3) is 0 Å². The smallest absolute Gasteiger partial charge is 0.255 e. The van der Waals surface area contributed by atoms with Gasteiger partial charge in [0.2, 0.25) is 0 Å². The number of amides is 1. The minimum absolute atomic E-state index is 0.00737. The van der Waals surface area contributed by atoms with Crippen molar-refractivity contribution in [2.45, 2.75) is 39.8 Å². The van der Waals surface area contributed by atoms with E-state index in [1.807, 2.05) is 30.0 Å². The molecule has 2 aromatic carbocycles. The van der Waals surface area contributed by atoms with Gasteiger partial charge in [0.25, 0.3) is 5.91 Å². The summed E-state index contributed by atoms with van der Waals surface area (Å²) in [6, 6.07) is 9.90. The first-order chi connectivity index (χ1) is 12.4. The van der Waals surface area contributed by atoms with E-state index >= 15 is 0 Å². The van der Waals surface area contributed by atoms with Crippen molar-refractivity contribution >= 4 is 80.1 Å². The third-order valence-electron chi connectivity index (χ3n) is 4.27. The Morgan fingerprint density at radius 3 is 2.69 bits per heavy atom. The third kappa shape index (κ3) is 5.26. The molecule has 26 heavy (non-hydrogen) atoms. The number of hydrogen-bond acceptors (Lipinski definition) is 2. The van der Waals surface area contributed by atoms with E-state index < -0.39 is 5.82 Å². The van der Waals surface area contributed by atoms with Crippen molar-refractivity contribution in [2.24, 2.45) is 0 Å². The summed E-state index contributed by atoms with van der Waals surface area (Å²) in [7, 11) is 0. The van der Waals surface area contributed by atoms with Gasteiger partial charge in [-0.3, -0.25) is 4.79 Å². The van der Waals surface area contributed by atoms with Crippen molar-refractivity contribution < 1.29 is 9.18 Å². The Balaban J connectivity index is 1.75. The van der Waals surface area contributed by atoms with E-state index in [0.717, 1.165) is 8.47 Å². The van der Waals surface area contributed by atoms with Crippen LogP contribution >= 0.6 is 68.5 Å². The van der Waals surface area contributed by atoms with Gasteiger partial charge in [0.05, 0.1) is 5.02 Å². The van der Waals surface area contributed by atoms with Crippen LogP contribution in [0.15, 0.2) is 41.3 Å². The Morgan fingerprint density at radius 2 is 1.96 bits per heavy atom. The number of hydrogen-bond donors (Lipinski definition) is 1. The van der Waals surface area contributed by atoms with Crippen molar-refractivity contribution in [3.63, 3.8) is 0 Å². The minimum atomic E-state index is -0.501. The molecule has 0 radical (unpaired) electrons. The number of halogens is 4. The van der Waals surface area contributed by atoms with E-state index in [1.54, 1.807) is 0 Å². The molecule has 2 aromatic rings. The zero-order valence-electron chi connectivity index (χ0n) is 13.8. The topological polar surface area (TPSA) is 29.1 Å². The summed E-state index contributed by atoms with van der Waals surface area (Å²) in [6.07, 6.45) is 5.07. The Kier molecular flexibility index (Phi) is 7.49. The van der Waals surface area contributed by atoms with Crippen LogP contribution in [0.2, 0.25) is 5.02 Å². The molecule has 2 nitrogen and oxygen atoms in total. The van der Waals surface area contributed by atoms with Crippen molar-refractivity contribution in [2.75, 3.05) is 5.32 Å².